The van der Waals surface area contributed by atoms with E-state index in [4.69, 9.17) is 15.3 Å². The first kappa shape index (κ1) is 7.70. The summed E-state index contributed by atoms with van der Waals surface area (Å²) in [6.45, 7) is 0. The summed E-state index contributed by atoms with van der Waals surface area (Å²) in [6, 6.07) is 0. The first-order valence-electron chi connectivity index (χ1n) is 2.75. The maximum atomic E-state index is 10.2. The number of aliphatic hydroxyl groups excluding tert-OH is 1. The van der Waals surface area contributed by atoms with E-state index in [-0.39, 0.29) is 11.5 Å². The Morgan fingerprint density at radius 2 is 2.27 bits per heavy atom. The lowest BCUT2D eigenvalue weighted by atomic mass is 10.5. The van der Waals surface area contributed by atoms with Crippen LogP contribution in [0, 0.1) is 0 Å². The molecule has 0 unspecified atom stereocenters. The second-order valence-electron chi connectivity index (χ2n) is 1.87. The van der Waals surface area contributed by atoms with Crippen LogP contribution in [0.5, 0.6) is 0 Å². The highest BCUT2D eigenvalue weighted by molar-refractivity contribution is 5.83. The summed E-state index contributed by atoms with van der Waals surface area (Å²) in [6.07, 6.45) is -0.663. The third-order valence-electron chi connectivity index (χ3n) is 1.08. The van der Waals surface area contributed by atoms with Crippen molar-refractivity contribution in [3.8, 4) is 0 Å². The minimum absolute atomic E-state index is 0.0394. The smallest absolute Gasteiger partial charge is 0.371 e. The topological polar surface area (TPSA) is 106 Å². The van der Waals surface area contributed by atoms with E-state index < -0.39 is 12.3 Å². The average Bonchev–Trinajstić information content (AvgIpc) is 2.33. The van der Waals surface area contributed by atoms with Gasteiger partial charge in [0, 0.05) is 0 Å². The standard InChI is InChI=1S/C5H6N2O4/c8-4(9)2-1-6-3(7-2)5(10)11/h1,4,8-9H,(H,6,7)(H,10,11). The third kappa shape index (κ3) is 1.54. The Hall–Kier alpha value is -1.40. The molecule has 0 saturated carbocycles. The molecular formula is C5H6N2O4. The number of aromatic carboxylic acids is 1. The van der Waals surface area contributed by atoms with Crippen molar-refractivity contribution in [2.45, 2.75) is 6.29 Å². The normalized spacial score (nSPS) is 10.5. The quantitative estimate of drug-likeness (QED) is 0.417. The number of hydrogen-bond donors (Lipinski definition) is 4. The maximum Gasteiger partial charge on any atom is 0.371 e. The summed E-state index contributed by atoms with van der Waals surface area (Å²) in [5.41, 5.74) is -0.0394. The minimum Gasteiger partial charge on any atom is -0.475 e. The van der Waals surface area contributed by atoms with Crippen molar-refractivity contribution >= 4 is 5.97 Å². The van der Waals surface area contributed by atoms with Crippen LogP contribution in [0.2, 0.25) is 0 Å². The van der Waals surface area contributed by atoms with Gasteiger partial charge in [-0.15, -0.1) is 0 Å². The van der Waals surface area contributed by atoms with Crippen molar-refractivity contribution in [1.29, 1.82) is 0 Å². The highest BCUT2D eigenvalue weighted by atomic mass is 16.5. The first-order valence-corrected chi connectivity index (χ1v) is 2.75. The summed E-state index contributed by atoms with van der Waals surface area (Å²) in [7, 11) is 0. The van der Waals surface area contributed by atoms with E-state index >= 15 is 0 Å². The molecule has 0 aliphatic carbocycles. The van der Waals surface area contributed by atoms with Gasteiger partial charge in [0.25, 0.3) is 0 Å². The Bertz CT molecular complexity index is 267. The molecule has 6 heteroatoms. The van der Waals surface area contributed by atoms with Crippen LogP contribution in [0.3, 0.4) is 0 Å². The second-order valence-corrected chi connectivity index (χ2v) is 1.87. The minimum atomic E-state index is -1.71. The molecule has 1 aromatic rings. The number of nitrogens with zero attached hydrogens (tertiary/aromatic N) is 1. The molecule has 0 bridgehead atoms. The molecule has 11 heavy (non-hydrogen) atoms. The Kier molecular flexibility index (Phi) is 1.88. The van der Waals surface area contributed by atoms with Crippen molar-refractivity contribution in [2.75, 3.05) is 0 Å². The molecule has 6 nitrogen and oxygen atoms in total. The molecule has 0 aromatic carbocycles. The second kappa shape index (κ2) is 2.69. The molecule has 4 N–H and O–H groups in total. The fourth-order valence-electron chi connectivity index (χ4n) is 0.575. The molecule has 0 aliphatic rings. The number of aromatic amines is 1. The molecule has 0 saturated heterocycles. The Morgan fingerprint density at radius 3 is 2.55 bits per heavy atom. The van der Waals surface area contributed by atoms with Gasteiger partial charge >= 0.3 is 5.97 Å². The highest BCUT2D eigenvalue weighted by Crippen LogP contribution is 2.05. The van der Waals surface area contributed by atoms with Crippen molar-refractivity contribution in [3.05, 3.63) is 17.7 Å². The van der Waals surface area contributed by atoms with Crippen molar-refractivity contribution in [3.63, 3.8) is 0 Å². The molecule has 1 heterocycles. The van der Waals surface area contributed by atoms with Crippen LogP contribution in [0.1, 0.15) is 22.6 Å². The van der Waals surface area contributed by atoms with Crippen LogP contribution >= 0.6 is 0 Å². The zero-order valence-electron chi connectivity index (χ0n) is 5.35. The van der Waals surface area contributed by atoms with Crippen LogP contribution in [-0.2, 0) is 0 Å². The summed E-state index contributed by atoms with van der Waals surface area (Å²) in [5, 5.41) is 25.3. The number of carbonyl (C=O) groups is 1. The molecular weight excluding hydrogens is 152 g/mol. The van der Waals surface area contributed by atoms with Gasteiger partial charge in [-0.25, -0.2) is 9.78 Å². The Labute approximate surface area is 61.1 Å². The molecule has 0 aliphatic heterocycles. The van der Waals surface area contributed by atoms with E-state index in [2.05, 4.69) is 9.97 Å². The number of carboxylic acid groups (broad SMARTS) is 1. The summed E-state index contributed by atoms with van der Waals surface area (Å²) < 4.78 is 0. The third-order valence-corrected chi connectivity index (χ3v) is 1.08. The fourth-order valence-corrected chi connectivity index (χ4v) is 0.575. The van der Waals surface area contributed by atoms with E-state index in [1.54, 1.807) is 0 Å². The van der Waals surface area contributed by atoms with E-state index in [9.17, 15) is 4.79 Å². The molecule has 1 rings (SSSR count). The molecule has 0 atom stereocenters. The number of carboxylic acids is 1. The lowest BCUT2D eigenvalue weighted by molar-refractivity contribution is -0.0455. The predicted molar refractivity (Wildman–Crippen MR) is 32.7 cm³/mol. The van der Waals surface area contributed by atoms with Crippen LogP contribution in [-0.4, -0.2) is 31.3 Å². The Balaban J connectivity index is 2.90. The number of imidazole rings is 1. The van der Waals surface area contributed by atoms with Crippen molar-refractivity contribution in [2.24, 2.45) is 0 Å². The van der Waals surface area contributed by atoms with Crippen molar-refractivity contribution < 1.29 is 20.1 Å². The van der Waals surface area contributed by atoms with Crippen LogP contribution in [0.15, 0.2) is 6.20 Å². The summed E-state index contributed by atoms with van der Waals surface area (Å²) in [4.78, 5) is 15.7. The molecule has 1 aromatic heterocycles. The molecule has 0 spiro atoms. The van der Waals surface area contributed by atoms with E-state index in [1.807, 2.05) is 0 Å². The zero-order chi connectivity index (χ0) is 8.43. The predicted octanol–water partition coefficient (Wildman–Crippen LogP) is -0.909. The number of aromatic nitrogens is 2. The number of rotatable bonds is 2. The number of aliphatic hydroxyl groups is 2. The van der Waals surface area contributed by atoms with E-state index in [0.717, 1.165) is 6.20 Å². The zero-order valence-corrected chi connectivity index (χ0v) is 5.35. The molecule has 0 amide bonds. The van der Waals surface area contributed by atoms with Gasteiger partial charge in [0.1, 0.15) is 0 Å². The van der Waals surface area contributed by atoms with Crippen molar-refractivity contribution in [1.82, 2.24) is 9.97 Å². The van der Waals surface area contributed by atoms with Gasteiger partial charge < -0.3 is 20.3 Å². The summed E-state index contributed by atoms with van der Waals surface area (Å²) >= 11 is 0. The van der Waals surface area contributed by atoms with Crippen LogP contribution in [0.25, 0.3) is 0 Å². The molecule has 60 valence electrons. The number of nitrogens with one attached hydrogen (secondary N) is 1. The first-order chi connectivity index (χ1) is 5.11. The lowest BCUT2D eigenvalue weighted by Crippen LogP contribution is -2.00. The highest BCUT2D eigenvalue weighted by Gasteiger charge is 2.10. The molecule has 0 radical (unpaired) electrons. The van der Waals surface area contributed by atoms with E-state index in [1.165, 1.54) is 0 Å². The van der Waals surface area contributed by atoms with Gasteiger partial charge in [-0.3, -0.25) is 0 Å². The van der Waals surface area contributed by atoms with Gasteiger partial charge in [0.05, 0.1) is 11.9 Å². The number of hydrogen-bond acceptors (Lipinski definition) is 4. The number of H-pyrrole nitrogens is 1. The van der Waals surface area contributed by atoms with Gasteiger partial charge in [0.2, 0.25) is 5.82 Å². The molecule has 0 fully saturated rings. The Morgan fingerprint density at radius 1 is 1.64 bits per heavy atom. The van der Waals surface area contributed by atoms with Gasteiger partial charge in [-0.1, -0.05) is 0 Å². The van der Waals surface area contributed by atoms with E-state index in [0.29, 0.717) is 0 Å². The van der Waals surface area contributed by atoms with Crippen LogP contribution in [0.4, 0.5) is 0 Å². The monoisotopic (exact) mass is 158 g/mol. The SMILES string of the molecule is O=C(O)c1ncc(C(O)O)[nH]1. The summed E-state index contributed by atoms with van der Waals surface area (Å²) in [5.74, 6) is -1.55. The van der Waals surface area contributed by atoms with Gasteiger partial charge in [-0.2, -0.15) is 0 Å². The largest absolute Gasteiger partial charge is 0.475 e. The van der Waals surface area contributed by atoms with Gasteiger partial charge in [0.15, 0.2) is 6.29 Å². The average molecular weight is 158 g/mol. The lowest BCUT2D eigenvalue weighted by Gasteiger charge is -1.95. The van der Waals surface area contributed by atoms with Crippen LogP contribution < -0.4 is 0 Å². The fraction of sp³-hybridized carbons (Fsp3) is 0.200. The maximum absolute atomic E-state index is 10.2. The van der Waals surface area contributed by atoms with Gasteiger partial charge in [-0.05, 0) is 0 Å².